The van der Waals surface area contributed by atoms with Gasteiger partial charge in [0, 0.05) is 43.5 Å². The molecule has 0 saturated carbocycles. The fourth-order valence-electron chi connectivity index (χ4n) is 4.46. The third-order valence-corrected chi connectivity index (χ3v) is 5.65. The minimum atomic E-state index is 0.169. The molecule has 0 aliphatic carbocycles. The normalized spacial score (nSPS) is 18.5. The van der Waals surface area contributed by atoms with Gasteiger partial charge in [0.2, 0.25) is 0 Å². The van der Waals surface area contributed by atoms with Gasteiger partial charge >= 0.3 is 0 Å². The molecular weight excluding hydrogens is 310 g/mol. The van der Waals surface area contributed by atoms with Crippen LogP contribution in [0.3, 0.4) is 0 Å². The third-order valence-electron chi connectivity index (χ3n) is 5.65. The first-order valence-corrected chi connectivity index (χ1v) is 9.19. The molecule has 1 aliphatic heterocycles. The van der Waals surface area contributed by atoms with Crippen molar-refractivity contribution in [2.24, 2.45) is 7.05 Å². The zero-order valence-corrected chi connectivity index (χ0v) is 16.1. The van der Waals surface area contributed by atoms with Crippen molar-refractivity contribution in [2.75, 3.05) is 13.1 Å². The molecule has 3 rings (SSSR count). The number of ketones is 1. The van der Waals surface area contributed by atoms with Crippen LogP contribution in [0.25, 0.3) is 0 Å². The van der Waals surface area contributed by atoms with E-state index in [2.05, 4.69) is 36.0 Å². The van der Waals surface area contributed by atoms with E-state index in [0.717, 1.165) is 36.3 Å². The summed E-state index contributed by atoms with van der Waals surface area (Å²) in [6.07, 6.45) is 4.32. The Bertz CT molecular complexity index is 791. The monoisotopic (exact) mass is 339 g/mol. The summed E-state index contributed by atoms with van der Waals surface area (Å²) >= 11 is 0. The number of benzene rings is 1. The Kier molecular flexibility index (Phi) is 5.09. The molecule has 1 unspecified atom stereocenters. The molecule has 2 heterocycles. The largest absolute Gasteiger partial charge is 0.298 e. The second-order valence-corrected chi connectivity index (χ2v) is 7.50. The van der Waals surface area contributed by atoms with Crippen LogP contribution in [0.4, 0.5) is 0 Å². The maximum Gasteiger partial charge on any atom is 0.160 e. The molecule has 1 atom stereocenters. The summed E-state index contributed by atoms with van der Waals surface area (Å²) in [5, 5.41) is 4.33. The summed E-state index contributed by atoms with van der Waals surface area (Å²) in [6.45, 7) is 11.1. The van der Waals surface area contributed by atoms with Crippen molar-refractivity contribution in [1.29, 1.82) is 0 Å². The fourth-order valence-corrected chi connectivity index (χ4v) is 4.46. The molecule has 134 valence electrons. The molecule has 1 saturated heterocycles. The summed E-state index contributed by atoms with van der Waals surface area (Å²) in [6, 6.07) is 4.31. The van der Waals surface area contributed by atoms with Crippen LogP contribution >= 0.6 is 0 Å². The van der Waals surface area contributed by atoms with E-state index < -0.39 is 0 Å². The van der Waals surface area contributed by atoms with Crippen LogP contribution in [0.1, 0.15) is 64.0 Å². The van der Waals surface area contributed by atoms with Gasteiger partial charge in [-0.3, -0.25) is 14.4 Å². The van der Waals surface area contributed by atoms with E-state index in [0.29, 0.717) is 5.92 Å². The Balaban J connectivity index is 1.84. The molecule has 0 N–H and O–H groups in total. The number of carbonyl (C=O) groups excluding carboxylic acids is 1. The van der Waals surface area contributed by atoms with Crippen LogP contribution in [-0.2, 0) is 13.6 Å². The smallest absolute Gasteiger partial charge is 0.160 e. The maximum absolute atomic E-state index is 12.1. The molecule has 2 aromatic rings. The number of aryl methyl sites for hydroxylation is 3. The van der Waals surface area contributed by atoms with Gasteiger partial charge in [0.15, 0.2) is 5.78 Å². The van der Waals surface area contributed by atoms with Crippen molar-refractivity contribution < 1.29 is 4.79 Å². The van der Waals surface area contributed by atoms with Crippen LogP contribution < -0.4 is 0 Å². The molecule has 0 bridgehead atoms. The molecule has 1 aliphatic rings. The number of Topliss-reactive ketones (excluding diaryl/α,β-unsaturated/α-hetero) is 1. The van der Waals surface area contributed by atoms with Crippen LogP contribution in [0.5, 0.6) is 0 Å². The SMILES string of the molecule is CC(=O)c1c(C)cc(C)c(CN2CCCC(c3ccnn3C)C2)c1C. The highest BCUT2D eigenvalue weighted by Gasteiger charge is 2.25. The Morgan fingerprint density at radius 3 is 2.68 bits per heavy atom. The lowest BCUT2D eigenvalue weighted by Gasteiger charge is -2.33. The van der Waals surface area contributed by atoms with Gasteiger partial charge in [-0.2, -0.15) is 5.10 Å². The first kappa shape index (κ1) is 17.9. The number of rotatable bonds is 4. The van der Waals surface area contributed by atoms with E-state index in [1.54, 1.807) is 6.92 Å². The molecule has 1 aromatic heterocycles. The highest BCUT2D eigenvalue weighted by molar-refractivity contribution is 5.97. The van der Waals surface area contributed by atoms with Crippen molar-refractivity contribution in [2.45, 2.75) is 53.0 Å². The number of hydrogen-bond donors (Lipinski definition) is 0. The number of hydrogen-bond acceptors (Lipinski definition) is 3. The minimum absolute atomic E-state index is 0.169. The Hall–Kier alpha value is -1.94. The summed E-state index contributed by atoms with van der Waals surface area (Å²) in [5.41, 5.74) is 7.10. The lowest BCUT2D eigenvalue weighted by Crippen LogP contribution is -2.35. The zero-order valence-electron chi connectivity index (χ0n) is 16.1. The summed E-state index contributed by atoms with van der Waals surface area (Å²) < 4.78 is 2.00. The minimum Gasteiger partial charge on any atom is -0.298 e. The summed E-state index contributed by atoms with van der Waals surface area (Å²) in [5.74, 6) is 0.710. The molecule has 4 nitrogen and oxygen atoms in total. The van der Waals surface area contributed by atoms with E-state index in [1.807, 2.05) is 24.9 Å². The predicted octanol–water partition coefficient (Wildman–Crippen LogP) is 3.93. The average molecular weight is 339 g/mol. The van der Waals surface area contributed by atoms with Crippen LogP contribution in [0.2, 0.25) is 0 Å². The number of likely N-dealkylation sites (tertiary alicyclic amines) is 1. The van der Waals surface area contributed by atoms with E-state index in [4.69, 9.17) is 0 Å². The quantitative estimate of drug-likeness (QED) is 0.792. The lowest BCUT2D eigenvalue weighted by atomic mass is 9.90. The number of aromatic nitrogens is 2. The summed E-state index contributed by atoms with van der Waals surface area (Å²) in [7, 11) is 2.03. The van der Waals surface area contributed by atoms with Crippen molar-refractivity contribution in [1.82, 2.24) is 14.7 Å². The molecule has 25 heavy (non-hydrogen) atoms. The lowest BCUT2D eigenvalue weighted by molar-refractivity contribution is 0.101. The van der Waals surface area contributed by atoms with Crippen LogP contribution in [0, 0.1) is 20.8 Å². The van der Waals surface area contributed by atoms with Crippen LogP contribution in [-0.4, -0.2) is 33.6 Å². The molecule has 4 heteroatoms. The molecule has 0 amide bonds. The van der Waals surface area contributed by atoms with Gasteiger partial charge in [0.25, 0.3) is 0 Å². The van der Waals surface area contributed by atoms with Crippen molar-refractivity contribution in [3.05, 3.63) is 51.8 Å². The first-order chi connectivity index (χ1) is 11.9. The third kappa shape index (κ3) is 3.54. The van der Waals surface area contributed by atoms with E-state index >= 15 is 0 Å². The topological polar surface area (TPSA) is 38.1 Å². The molecule has 0 radical (unpaired) electrons. The van der Waals surface area contributed by atoms with Crippen molar-refractivity contribution >= 4 is 5.78 Å². The second-order valence-electron chi connectivity index (χ2n) is 7.50. The number of carbonyl (C=O) groups is 1. The Morgan fingerprint density at radius 1 is 1.28 bits per heavy atom. The molecular formula is C21H29N3O. The van der Waals surface area contributed by atoms with Gasteiger partial charge in [0.05, 0.1) is 0 Å². The van der Waals surface area contributed by atoms with Gasteiger partial charge in [-0.05, 0) is 75.4 Å². The van der Waals surface area contributed by atoms with E-state index in [9.17, 15) is 4.79 Å². The highest BCUT2D eigenvalue weighted by atomic mass is 16.1. The van der Waals surface area contributed by atoms with Gasteiger partial charge < -0.3 is 0 Å². The van der Waals surface area contributed by atoms with Gasteiger partial charge in [-0.1, -0.05) is 6.07 Å². The Morgan fingerprint density at radius 2 is 2.04 bits per heavy atom. The van der Waals surface area contributed by atoms with Gasteiger partial charge in [0.1, 0.15) is 0 Å². The summed E-state index contributed by atoms with van der Waals surface area (Å²) in [4.78, 5) is 14.6. The molecule has 1 aromatic carbocycles. The second kappa shape index (κ2) is 7.12. The molecule has 1 fully saturated rings. The number of piperidine rings is 1. The van der Waals surface area contributed by atoms with Gasteiger partial charge in [-0.15, -0.1) is 0 Å². The number of nitrogens with zero attached hydrogens (tertiary/aromatic N) is 3. The van der Waals surface area contributed by atoms with E-state index in [1.165, 1.54) is 29.7 Å². The van der Waals surface area contributed by atoms with Gasteiger partial charge in [-0.25, -0.2) is 0 Å². The zero-order chi connectivity index (χ0) is 18.1. The van der Waals surface area contributed by atoms with Crippen molar-refractivity contribution in [3.8, 4) is 0 Å². The van der Waals surface area contributed by atoms with E-state index in [-0.39, 0.29) is 5.78 Å². The highest BCUT2D eigenvalue weighted by Crippen LogP contribution is 2.29. The average Bonchev–Trinajstić information content (AvgIpc) is 2.97. The maximum atomic E-state index is 12.1. The van der Waals surface area contributed by atoms with Crippen molar-refractivity contribution in [3.63, 3.8) is 0 Å². The first-order valence-electron chi connectivity index (χ1n) is 9.19. The Labute approximate surface area is 150 Å². The predicted molar refractivity (Wildman–Crippen MR) is 101 cm³/mol. The van der Waals surface area contributed by atoms with Crippen LogP contribution in [0.15, 0.2) is 18.3 Å². The standard InChI is InChI=1S/C21H29N3O/c1-14-11-15(2)21(17(4)25)16(3)19(14)13-24-10-6-7-18(12-24)20-8-9-22-23(20)5/h8-9,11,18H,6-7,10,12-13H2,1-5H3. The molecule has 0 spiro atoms. The fraction of sp³-hybridized carbons (Fsp3) is 0.524.